The highest BCUT2D eigenvalue weighted by Crippen LogP contribution is 2.18. The molecule has 0 N–H and O–H groups in total. The molecule has 0 aliphatic carbocycles. The third kappa shape index (κ3) is 55.3. The van der Waals surface area contributed by atoms with Crippen LogP contribution >= 0.6 is 0 Å². The van der Waals surface area contributed by atoms with E-state index in [0.717, 1.165) is 57.8 Å². The molecule has 0 aliphatic heterocycles. The Labute approximate surface area is 425 Å². The summed E-state index contributed by atoms with van der Waals surface area (Å²) < 4.78 is 16.7. The second-order valence-electron chi connectivity index (χ2n) is 21.3. The van der Waals surface area contributed by atoms with Gasteiger partial charge < -0.3 is 14.2 Å². The van der Waals surface area contributed by atoms with E-state index in [1.54, 1.807) is 0 Å². The molecule has 0 aromatic heterocycles. The zero-order valence-corrected chi connectivity index (χ0v) is 46.4. The molecule has 6 nitrogen and oxygen atoms in total. The number of carbonyl (C=O) groups is 3. The first-order valence-corrected chi connectivity index (χ1v) is 31.0. The van der Waals surface area contributed by atoms with Gasteiger partial charge in [-0.15, -0.1) is 0 Å². The van der Waals surface area contributed by atoms with Crippen LogP contribution in [0.4, 0.5) is 0 Å². The topological polar surface area (TPSA) is 78.9 Å². The molecule has 0 saturated heterocycles. The van der Waals surface area contributed by atoms with Gasteiger partial charge in [0.15, 0.2) is 6.10 Å². The molecule has 1 atom stereocenters. The lowest BCUT2D eigenvalue weighted by Crippen LogP contribution is -2.30. The summed E-state index contributed by atoms with van der Waals surface area (Å²) in [7, 11) is 0. The van der Waals surface area contributed by atoms with Crippen LogP contribution in [0.5, 0.6) is 0 Å². The predicted molar refractivity (Wildman–Crippen MR) is 294 cm³/mol. The molecular formula is C62H120O6. The third-order valence-electron chi connectivity index (χ3n) is 14.4. The predicted octanol–water partition coefficient (Wildman–Crippen LogP) is 20.7. The van der Waals surface area contributed by atoms with E-state index in [0.29, 0.717) is 19.3 Å². The molecule has 0 fully saturated rings. The van der Waals surface area contributed by atoms with Crippen molar-refractivity contribution in [1.82, 2.24) is 0 Å². The standard InChI is InChI=1S/C62H120O6/c1-4-7-10-13-16-18-19-20-21-22-23-24-25-26-27-28-29-30-31-32-33-34-35-36-37-38-39-40-41-42-43-44-47-49-52-55-61(64)67-58-59(57-66-60(63)54-51-48-45-15-12-9-6-3)68-62(65)56-53-50-46-17-14-11-8-5-2/h59H,4-58H2,1-3H3. The van der Waals surface area contributed by atoms with Crippen LogP contribution in [0, 0.1) is 0 Å². The summed E-state index contributed by atoms with van der Waals surface area (Å²) in [6.07, 6.45) is 66.2. The lowest BCUT2D eigenvalue weighted by Gasteiger charge is -2.18. The first kappa shape index (κ1) is 66.4. The van der Waals surface area contributed by atoms with E-state index in [-0.39, 0.29) is 31.1 Å². The van der Waals surface area contributed by atoms with E-state index in [4.69, 9.17) is 14.2 Å². The van der Waals surface area contributed by atoms with Gasteiger partial charge in [0.1, 0.15) is 13.2 Å². The first-order valence-electron chi connectivity index (χ1n) is 31.0. The summed E-state index contributed by atoms with van der Waals surface area (Å²) in [6, 6.07) is 0. The largest absolute Gasteiger partial charge is 0.462 e. The molecule has 0 saturated carbocycles. The van der Waals surface area contributed by atoms with Crippen molar-refractivity contribution in [3.05, 3.63) is 0 Å². The second-order valence-corrected chi connectivity index (χ2v) is 21.3. The van der Waals surface area contributed by atoms with Gasteiger partial charge in [-0.1, -0.05) is 323 Å². The number of rotatable bonds is 58. The van der Waals surface area contributed by atoms with Crippen LogP contribution in [0.3, 0.4) is 0 Å². The molecule has 68 heavy (non-hydrogen) atoms. The van der Waals surface area contributed by atoms with Crippen molar-refractivity contribution >= 4 is 17.9 Å². The summed E-state index contributed by atoms with van der Waals surface area (Å²) in [4.78, 5) is 37.7. The molecule has 0 aromatic rings. The Morgan fingerprint density at radius 2 is 0.397 bits per heavy atom. The number of hydrogen-bond donors (Lipinski definition) is 0. The van der Waals surface area contributed by atoms with Gasteiger partial charge in [0.05, 0.1) is 0 Å². The van der Waals surface area contributed by atoms with Gasteiger partial charge in [-0.25, -0.2) is 0 Å². The summed E-state index contributed by atoms with van der Waals surface area (Å²) in [6.45, 7) is 6.62. The normalized spacial score (nSPS) is 11.9. The van der Waals surface area contributed by atoms with Crippen LogP contribution in [0.25, 0.3) is 0 Å². The molecule has 0 heterocycles. The SMILES string of the molecule is CCCCCCCCCCCCCCCCCCCCCCCCCCCCCCCCCCCCCC(=O)OCC(COC(=O)CCCCCCCCC)OC(=O)CCCCCCCCCC. The number of hydrogen-bond acceptors (Lipinski definition) is 6. The van der Waals surface area contributed by atoms with E-state index in [9.17, 15) is 14.4 Å². The van der Waals surface area contributed by atoms with E-state index in [2.05, 4.69) is 20.8 Å². The highest BCUT2D eigenvalue weighted by molar-refractivity contribution is 5.71. The highest BCUT2D eigenvalue weighted by atomic mass is 16.6. The Hall–Kier alpha value is -1.59. The minimum Gasteiger partial charge on any atom is -0.462 e. The maximum Gasteiger partial charge on any atom is 0.306 e. The molecule has 404 valence electrons. The fourth-order valence-electron chi connectivity index (χ4n) is 9.68. The van der Waals surface area contributed by atoms with Crippen LogP contribution in [0.15, 0.2) is 0 Å². The van der Waals surface area contributed by atoms with Gasteiger partial charge in [0, 0.05) is 19.3 Å². The van der Waals surface area contributed by atoms with Gasteiger partial charge in [-0.2, -0.15) is 0 Å². The van der Waals surface area contributed by atoms with Crippen molar-refractivity contribution in [2.45, 2.75) is 367 Å². The lowest BCUT2D eigenvalue weighted by molar-refractivity contribution is -0.167. The molecule has 0 spiro atoms. The molecule has 1 unspecified atom stereocenters. The molecule has 6 heteroatoms. The molecule has 0 aromatic carbocycles. The monoisotopic (exact) mass is 961 g/mol. The Morgan fingerprint density at radius 1 is 0.235 bits per heavy atom. The van der Waals surface area contributed by atoms with Crippen molar-refractivity contribution < 1.29 is 28.6 Å². The van der Waals surface area contributed by atoms with Crippen LogP contribution in [0.2, 0.25) is 0 Å². The van der Waals surface area contributed by atoms with Crippen LogP contribution in [0.1, 0.15) is 361 Å². The fraction of sp³-hybridized carbons (Fsp3) is 0.952. The zero-order valence-electron chi connectivity index (χ0n) is 46.4. The Bertz CT molecular complexity index is 1010. The summed E-state index contributed by atoms with van der Waals surface area (Å²) in [5.41, 5.74) is 0. The second kappa shape index (κ2) is 58.0. The van der Waals surface area contributed by atoms with Gasteiger partial charge in [-0.05, 0) is 19.3 Å². The van der Waals surface area contributed by atoms with Gasteiger partial charge in [0.25, 0.3) is 0 Å². The summed E-state index contributed by atoms with van der Waals surface area (Å²) >= 11 is 0. The quantitative estimate of drug-likeness (QED) is 0.0343. The lowest BCUT2D eigenvalue weighted by atomic mass is 10.0. The minimum absolute atomic E-state index is 0.0631. The Kier molecular flexibility index (Phi) is 56.6. The Balaban J connectivity index is 3.74. The van der Waals surface area contributed by atoms with Crippen molar-refractivity contribution in [2.75, 3.05) is 13.2 Å². The molecule has 0 radical (unpaired) electrons. The Morgan fingerprint density at radius 3 is 0.588 bits per heavy atom. The van der Waals surface area contributed by atoms with Crippen molar-refractivity contribution in [3.63, 3.8) is 0 Å². The maximum absolute atomic E-state index is 12.7. The third-order valence-corrected chi connectivity index (χ3v) is 14.4. The maximum atomic E-state index is 12.7. The van der Waals surface area contributed by atoms with Crippen molar-refractivity contribution in [1.29, 1.82) is 0 Å². The molecule has 0 amide bonds. The minimum atomic E-state index is -0.758. The number of esters is 3. The van der Waals surface area contributed by atoms with E-state index in [1.165, 1.54) is 263 Å². The molecule has 0 rings (SSSR count). The van der Waals surface area contributed by atoms with E-state index in [1.807, 2.05) is 0 Å². The van der Waals surface area contributed by atoms with E-state index >= 15 is 0 Å². The van der Waals surface area contributed by atoms with Crippen molar-refractivity contribution in [3.8, 4) is 0 Å². The first-order chi connectivity index (χ1) is 33.5. The summed E-state index contributed by atoms with van der Waals surface area (Å²) in [5.74, 6) is -0.854. The van der Waals surface area contributed by atoms with Crippen LogP contribution in [-0.2, 0) is 28.6 Å². The molecular weight excluding hydrogens is 841 g/mol. The van der Waals surface area contributed by atoms with Crippen LogP contribution in [-0.4, -0.2) is 37.2 Å². The molecule has 0 bridgehead atoms. The van der Waals surface area contributed by atoms with Crippen molar-refractivity contribution in [2.24, 2.45) is 0 Å². The summed E-state index contributed by atoms with van der Waals surface area (Å²) in [5, 5.41) is 0. The number of ether oxygens (including phenoxy) is 3. The average molecular weight is 962 g/mol. The molecule has 0 aliphatic rings. The smallest absolute Gasteiger partial charge is 0.306 e. The average Bonchev–Trinajstić information content (AvgIpc) is 3.34. The number of carbonyl (C=O) groups excluding carboxylic acids is 3. The van der Waals surface area contributed by atoms with Gasteiger partial charge >= 0.3 is 17.9 Å². The van der Waals surface area contributed by atoms with Crippen LogP contribution < -0.4 is 0 Å². The van der Waals surface area contributed by atoms with Gasteiger partial charge in [-0.3, -0.25) is 14.4 Å². The van der Waals surface area contributed by atoms with Gasteiger partial charge in [0.2, 0.25) is 0 Å². The fourth-order valence-corrected chi connectivity index (χ4v) is 9.68. The van der Waals surface area contributed by atoms with E-state index < -0.39 is 6.10 Å². The highest BCUT2D eigenvalue weighted by Gasteiger charge is 2.19. The number of unbranched alkanes of at least 4 members (excludes halogenated alkanes) is 47. The zero-order chi connectivity index (χ0) is 49.3.